The van der Waals surface area contributed by atoms with E-state index in [2.05, 4.69) is 15.7 Å². The minimum atomic E-state index is -2.67. The number of carbonyl (C=O) groups excluding carboxylic acids is 1. The summed E-state index contributed by atoms with van der Waals surface area (Å²) in [6, 6.07) is 5.03. The van der Waals surface area contributed by atoms with Crippen molar-refractivity contribution in [2.24, 2.45) is 0 Å². The van der Waals surface area contributed by atoms with E-state index in [9.17, 15) is 13.6 Å². The Kier molecular flexibility index (Phi) is 3.75. The molecule has 0 fully saturated rings. The van der Waals surface area contributed by atoms with Crippen LogP contribution in [0.3, 0.4) is 0 Å². The van der Waals surface area contributed by atoms with Crippen molar-refractivity contribution in [2.45, 2.75) is 6.43 Å². The lowest BCUT2D eigenvalue weighted by Crippen LogP contribution is -2.21. The number of aromatic nitrogens is 2. The number of ether oxygens (including phenoxy) is 2. The number of halogens is 2. The molecule has 0 spiro atoms. The first-order valence-corrected chi connectivity index (χ1v) is 7.65. The smallest absolute Gasteiger partial charge is 0.280 e. The molecule has 2 aliphatic heterocycles. The van der Waals surface area contributed by atoms with Gasteiger partial charge in [-0.15, -0.1) is 0 Å². The second kappa shape index (κ2) is 6.08. The van der Waals surface area contributed by atoms with Gasteiger partial charge in [0.15, 0.2) is 11.5 Å². The van der Waals surface area contributed by atoms with Crippen molar-refractivity contribution in [3.05, 3.63) is 36.0 Å². The molecular formula is C16H14F2N4O3. The lowest BCUT2D eigenvalue weighted by atomic mass is 10.2. The zero-order valence-corrected chi connectivity index (χ0v) is 13.0. The molecule has 2 aliphatic rings. The van der Waals surface area contributed by atoms with Crippen molar-refractivity contribution >= 4 is 23.1 Å². The maximum absolute atomic E-state index is 13.0. The summed E-state index contributed by atoms with van der Waals surface area (Å²) >= 11 is 0. The Morgan fingerprint density at radius 1 is 1.28 bits per heavy atom. The summed E-state index contributed by atoms with van der Waals surface area (Å²) in [4.78, 5) is 12.5. The Bertz CT molecular complexity index is 863. The van der Waals surface area contributed by atoms with Crippen molar-refractivity contribution in [3.63, 3.8) is 0 Å². The third-order valence-electron chi connectivity index (χ3n) is 3.86. The Labute approximate surface area is 141 Å². The molecule has 7 nitrogen and oxygen atoms in total. The number of nitrogens with zero attached hydrogens (tertiary/aromatic N) is 2. The SMILES string of the molecule is O=C(Nc1ccc2c(c1)OCCO2)c1cnn2c1NCC=C2C(F)F. The van der Waals surface area contributed by atoms with Crippen LogP contribution >= 0.6 is 0 Å². The average molecular weight is 348 g/mol. The highest BCUT2D eigenvalue weighted by Gasteiger charge is 2.26. The molecule has 0 radical (unpaired) electrons. The Hall–Kier alpha value is -3.10. The monoisotopic (exact) mass is 348 g/mol. The van der Waals surface area contributed by atoms with Crippen molar-refractivity contribution in [1.82, 2.24) is 9.78 Å². The number of alkyl halides is 2. The quantitative estimate of drug-likeness (QED) is 0.891. The number of carbonyl (C=O) groups is 1. The third-order valence-corrected chi connectivity index (χ3v) is 3.86. The van der Waals surface area contributed by atoms with Crippen LogP contribution in [0.2, 0.25) is 0 Å². The molecule has 0 saturated heterocycles. The van der Waals surface area contributed by atoms with Gasteiger partial charge in [0.05, 0.1) is 6.20 Å². The molecule has 2 N–H and O–H groups in total. The second-order valence-electron chi connectivity index (χ2n) is 5.44. The molecule has 1 amide bonds. The van der Waals surface area contributed by atoms with Gasteiger partial charge >= 0.3 is 0 Å². The van der Waals surface area contributed by atoms with Gasteiger partial charge in [-0.1, -0.05) is 0 Å². The zero-order valence-electron chi connectivity index (χ0n) is 13.0. The summed E-state index contributed by atoms with van der Waals surface area (Å²) < 4.78 is 38.0. The topological polar surface area (TPSA) is 77.4 Å². The van der Waals surface area contributed by atoms with E-state index in [4.69, 9.17) is 9.47 Å². The highest BCUT2D eigenvalue weighted by molar-refractivity contribution is 6.08. The minimum absolute atomic E-state index is 0.182. The molecule has 4 rings (SSSR count). The average Bonchev–Trinajstić information content (AvgIpc) is 3.05. The number of benzene rings is 1. The van der Waals surface area contributed by atoms with Crippen LogP contribution in [0.15, 0.2) is 30.5 Å². The molecule has 3 heterocycles. The summed E-state index contributed by atoms with van der Waals surface area (Å²) in [6.07, 6.45) is -0.0702. The van der Waals surface area contributed by atoms with Crippen molar-refractivity contribution in [2.75, 3.05) is 30.4 Å². The fourth-order valence-corrected chi connectivity index (χ4v) is 2.72. The molecular weight excluding hydrogens is 334 g/mol. The van der Waals surface area contributed by atoms with Crippen LogP contribution < -0.4 is 20.1 Å². The number of anilines is 2. The van der Waals surface area contributed by atoms with Crippen LogP contribution in [0.4, 0.5) is 20.3 Å². The van der Waals surface area contributed by atoms with Crippen molar-refractivity contribution in [3.8, 4) is 11.5 Å². The molecule has 1 aromatic carbocycles. The third kappa shape index (κ3) is 2.77. The van der Waals surface area contributed by atoms with Crippen LogP contribution in [0, 0.1) is 0 Å². The van der Waals surface area contributed by atoms with Gasteiger partial charge in [0, 0.05) is 18.3 Å². The van der Waals surface area contributed by atoms with E-state index in [-0.39, 0.29) is 23.6 Å². The number of amides is 1. The first-order chi connectivity index (χ1) is 12.1. The number of rotatable bonds is 3. The van der Waals surface area contributed by atoms with Gasteiger partial charge in [-0.25, -0.2) is 13.5 Å². The van der Waals surface area contributed by atoms with E-state index in [1.807, 2.05) is 0 Å². The summed E-state index contributed by atoms with van der Waals surface area (Å²) in [5, 5.41) is 9.50. The van der Waals surface area contributed by atoms with Gasteiger partial charge in [-0.2, -0.15) is 5.10 Å². The number of allylic oxidation sites excluding steroid dienone is 1. The van der Waals surface area contributed by atoms with Crippen LogP contribution in [0.1, 0.15) is 10.4 Å². The van der Waals surface area contributed by atoms with Gasteiger partial charge < -0.3 is 20.1 Å². The van der Waals surface area contributed by atoms with E-state index in [1.54, 1.807) is 18.2 Å². The predicted molar refractivity (Wildman–Crippen MR) is 86.4 cm³/mol. The van der Waals surface area contributed by atoms with Crippen LogP contribution in [-0.2, 0) is 0 Å². The van der Waals surface area contributed by atoms with Crippen molar-refractivity contribution < 1.29 is 23.0 Å². The maximum atomic E-state index is 13.0. The highest BCUT2D eigenvalue weighted by Crippen LogP contribution is 2.33. The summed E-state index contributed by atoms with van der Waals surface area (Å²) in [5.74, 6) is 0.941. The summed E-state index contributed by atoms with van der Waals surface area (Å²) in [6.45, 7) is 1.12. The van der Waals surface area contributed by atoms with Gasteiger partial charge in [-0.05, 0) is 18.2 Å². The number of hydrogen-bond donors (Lipinski definition) is 2. The molecule has 130 valence electrons. The molecule has 9 heteroatoms. The van der Waals surface area contributed by atoms with E-state index >= 15 is 0 Å². The first-order valence-electron chi connectivity index (χ1n) is 7.65. The Morgan fingerprint density at radius 2 is 2.08 bits per heavy atom. The molecule has 25 heavy (non-hydrogen) atoms. The van der Waals surface area contributed by atoms with E-state index in [0.29, 0.717) is 30.4 Å². The number of nitrogens with one attached hydrogen (secondary N) is 2. The summed E-state index contributed by atoms with van der Waals surface area (Å²) in [5.41, 5.74) is 0.447. The normalized spacial score (nSPS) is 15.2. The van der Waals surface area contributed by atoms with E-state index < -0.39 is 12.3 Å². The van der Waals surface area contributed by atoms with Crippen LogP contribution in [0.25, 0.3) is 5.70 Å². The van der Waals surface area contributed by atoms with Crippen molar-refractivity contribution in [1.29, 1.82) is 0 Å². The Morgan fingerprint density at radius 3 is 2.88 bits per heavy atom. The van der Waals surface area contributed by atoms with Gasteiger partial charge in [-0.3, -0.25) is 4.79 Å². The lowest BCUT2D eigenvalue weighted by molar-refractivity contribution is 0.102. The second-order valence-corrected chi connectivity index (χ2v) is 5.44. The molecule has 0 unspecified atom stereocenters. The molecule has 2 aromatic rings. The molecule has 0 aliphatic carbocycles. The summed E-state index contributed by atoms with van der Waals surface area (Å²) in [7, 11) is 0. The minimum Gasteiger partial charge on any atom is -0.486 e. The maximum Gasteiger partial charge on any atom is 0.280 e. The molecule has 1 aromatic heterocycles. The van der Waals surface area contributed by atoms with Crippen LogP contribution in [0.5, 0.6) is 11.5 Å². The van der Waals surface area contributed by atoms with Gasteiger partial charge in [0.1, 0.15) is 30.3 Å². The zero-order chi connectivity index (χ0) is 17.4. The van der Waals surface area contributed by atoms with Crippen LogP contribution in [-0.4, -0.2) is 41.9 Å². The fourth-order valence-electron chi connectivity index (χ4n) is 2.72. The van der Waals surface area contributed by atoms with E-state index in [1.165, 1.54) is 12.3 Å². The molecule has 0 saturated carbocycles. The fraction of sp³-hybridized carbons (Fsp3) is 0.250. The number of hydrogen-bond acceptors (Lipinski definition) is 5. The van der Waals surface area contributed by atoms with E-state index in [0.717, 1.165) is 4.68 Å². The molecule has 0 atom stereocenters. The van der Waals surface area contributed by atoms with Gasteiger partial charge in [0.25, 0.3) is 12.3 Å². The lowest BCUT2D eigenvalue weighted by Gasteiger charge is -2.19. The predicted octanol–water partition coefficient (Wildman–Crippen LogP) is 2.44. The first kappa shape index (κ1) is 15.4. The number of fused-ring (bicyclic) bond motifs is 2. The molecule has 0 bridgehead atoms. The Balaban J connectivity index is 1.58. The highest BCUT2D eigenvalue weighted by atomic mass is 19.3. The largest absolute Gasteiger partial charge is 0.486 e. The van der Waals surface area contributed by atoms with Gasteiger partial charge in [0.2, 0.25) is 0 Å². The standard InChI is InChI=1S/C16H14F2N4O3/c17-14(18)11-3-4-19-15-10(8-20-22(11)15)16(23)21-9-1-2-12-13(7-9)25-6-5-24-12/h1-3,7-8,14,19H,4-6H2,(H,21,23).